The van der Waals surface area contributed by atoms with Crippen LogP contribution in [-0.4, -0.2) is 133 Å². The minimum atomic E-state index is -0.888. The molecule has 3 aliphatic rings. The molecule has 17 heteroatoms. The number of fused-ring (bicyclic) bond motifs is 2. The first kappa shape index (κ1) is 49.9. The normalized spacial score (nSPS) is 17.7. The van der Waals surface area contributed by atoms with Crippen LogP contribution in [0.15, 0.2) is 109 Å². The Bertz CT molecular complexity index is 3120. The number of aromatic nitrogens is 4. The fraction of sp³-hybridized carbons (Fsp3) is 0.357. The van der Waals surface area contributed by atoms with Gasteiger partial charge in [-0.3, -0.25) is 24.2 Å². The molecule has 3 atom stereocenters. The summed E-state index contributed by atoms with van der Waals surface area (Å²) in [6, 6.07) is 30.4. The SMILES string of the molecule is Cc1ncsc1-c1ccc(CNC(=O)[C@@H]2C[C@@H](O)CN2C(=O)C(C(C)C)N2Cc3ccccc3C2=O)c(OCCN2CCN(Cc3ccc(-c4cc5cnc(N(C)Cc6ccccc6Cl)nc5[nH]4)cc3)CC2)c1. The molecule has 2 fully saturated rings. The monoisotopic (exact) mass is 1020 g/mol. The molecule has 3 amide bonds. The number of amides is 3. The maximum atomic E-state index is 14.3. The second-order valence-corrected chi connectivity index (χ2v) is 21.0. The number of hydrogen-bond donors (Lipinski definition) is 3. The molecule has 2 saturated heterocycles. The number of hydrogen-bond acceptors (Lipinski definition) is 12. The molecule has 6 heterocycles. The zero-order chi connectivity index (χ0) is 50.8. The van der Waals surface area contributed by atoms with Gasteiger partial charge in [-0.05, 0) is 64.9 Å². The molecule has 4 aromatic carbocycles. The van der Waals surface area contributed by atoms with Crippen LogP contribution in [0.4, 0.5) is 5.95 Å². The van der Waals surface area contributed by atoms with E-state index in [0.29, 0.717) is 37.0 Å². The number of piperazine rings is 1. The molecule has 0 bridgehead atoms. The highest BCUT2D eigenvalue weighted by Gasteiger charge is 2.46. The summed E-state index contributed by atoms with van der Waals surface area (Å²) in [5, 5.41) is 15.6. The van der Waals surface area contributed by atoms with Crippen molar-refractivity contribution in [2.75, 3.05) is 57.8 Å². The van der Waals surface area contributed by atoms with Crippen molar-refractivity contribution in [2.24, 2.45) is 5.92 Å². The summed E-state index contributed by atoms with van der Waals surface area (Å²) in [7, 11) is 1.96. The van der Waals surface area contributed by atoms with E-state index in [4.69, 9.17) is 21.3 Å². The Morgan fingerprint density at radius 1 is 0.945 bits per heavy atom. The lowest BCUT2D eigenvalue weighted by atomic mass is 10.0. The molecule has 3 aliphatic heterocycles. The van der Waals surface area contributed by atoms with Crippen LogP contribution in [-0.2, 0) is 35.8 Å². The Morgan fingerprint density at radius 2 is 1.70 bits per heavy atom. The number of carbonyl (C=O) groups excluding carboxylic acids is 3. The largest absolute Gasteiger partial charge is 0.492 e. The molecule has 0 aliphatic carbocycles. The van der Waals surface area contributed by atoms with Crippen molar-refractivity contribution < 1.29 is 24.2 Å². The van der Waals surface area contributed by atoms with Crippen LogP contribution >= 0.6 is 22.9 Å². The number of benzene rings is 4. The first-order valence-electron chi connectivity index (χ1n) is 25.0. The lowest BCUT2D eigenvalue weighted by Crippen LogP contribution is -2.55. The highest BCUT2D eigenvalue weighted by atomic mass is 35.5. The summed E-state index contributed by atoms with van der Waals surface area (Å²) >= 11 is 7.98. The number of H-pyrrole nitrogens is 1. The number of aryl methyl sites for hydroxylation is 1. The van der Waals surface area contributed by atoms with Crippen LogP contribution in [0.3, 0.4) is 0 Å². The summed E-state index contributed by atoms with van der Waals surface area (Å²) in [5.41, 5.74) is 11.1. The predicted molar refractivity (Wildman–Crippen MR) is 285 cm³/mol. The van der Waals surface area contributed by atoms with Crippen LogP contribution in [0.1, 0.15) is 58.6 Å². The molecular formula is C56H61ClN10O5S. The number of ether oxygens (including phenoxy) is 1. The van der Waals surface area contributed by atoms with Gasteiger partial charge in [-0.15, -0.1) is 11.3 Å². The van der Waals surface area contributed by atoms with E-state index in [9.17, 15) is 19.5 Å². The van der Waals surface area contributed by atoms with Crippen LogP contribution < -0.4 is 15.0 Å². The number of carbonyl (C=O) groups is 3. The Labute approximate surface area is 434 Å². The summed E-state index contributed by atoms with van der Waals surface area (Å²) in [6.07, 6.45) is 1.10. The topological polar surface area (TPSA) is 163 Å². The predicted octanol–water partition coefficient (Wildman–Crippen LogP) is 7.80. The van der Waals surface area contributed by atoms with E-state index in [0.717, 1.165) is 99.4 Å². The molecule has 1 unspecified atom stereocenters. The molecule has 10 rings (SSSR count). The van der Waals surface area contributed by atoms with Crippen molar-refractivity contribution in [3.8, 4) is 27.4 Å². The molecule has 0 spiro atoms. The van der Waals surface area contributed by atoms with Crippen LogP contribution in [0, 0.1) is 12.8 Å². The number of nitrogens with one attached hydrogen (secondary N) is 2. The molecule has 0 radical (unpaired) electrons. The molecule has 7 aromatic rings. The molecule has 73 heavy (non-hydrogen) atoms. The van der Waals surface area contributed by atoms with Crippen LogP contribution in [0.25, 0.3) is 32.7 Å². The van der Waals surface area contributed by atoms with Crippen molar-refractivity contribution in [1.29, 1.82) is 0 Å². The van der Waals surface area contributed by atoms with Crippen LogP contribution in [0.5, 0.6) is 5.75 Å². The van der Waals surface area contributed by atoms with Crippen molar-refractivity contribution in [2.45, 2.75) is 71.6 Å². The minimum absolute atomic E-state index is 0.0182. The fourth-order valence-electron chi connectivity index (χ4n) is 10.3. The Morgan fingerprint density at radius 3 is 2.45 bits per heavy atom. The van der Waals surface area contributed by atoms with E-state index < -0.39 is 18.2 Å². The van der Waals surface area contributed by atoms with Crippen molar-refractivity contribution in [1.82, 2.24) is 44.9 Å². The molecule has 3 aromatic heterocycles. The lowest BCUT2D eigenvalue weighted by Gasteiger charge is -2.35. The van der Waals surface area contributed by atoms with E-state index in [-0.39, 0.29) is 43.1 Å². The van der Waals surface area contributed by atoms with Crippen LogP contribution in [0.2, 0.25) is 5.02 Å². The Hall–Kier alpha value is -6.69. The smallest absolute Gasteiger partial charge is 0.255 e. The standard InChI is InChI=1S/C56H61ClN10O5S/c1-35(2)50(67-32-41-9-5-7-11-45(41)54(67)70)55(71)66-33-44(68)27-48(66)53(69)58-28-40-18-17-39(51-36(3)60-34-73-51)26-49(40)72-24-23-64-19-21-65(22-20-64)30-37-13-15-38(16-14-37)47-25-43-29-59-56(62-52(43)61-47)63(4)31-42-10-6-8-12-46(42)57/h5-18,25-26,29,34-35,44,48,50,68H,19-24,27-28,30-33H2,1-4H3,(H,58,69)(H,59,61,62)/t44-,48+,50?/m1/s1. The molecule has 378 valence electrons. The third kappa shape index (κ3) is 11.0. The summed E-state index contributed by atoms with van der Waals surface area (Å²) in [5.74, 6) is 0.182. The number of likely N-dealkylation sites (tertiary alicyclic amines) is 1. The summed E-state index contributed by atoms with van der Waals surface area (Å²) in [6.45, 7) is 12.7. The van der Waals surface area contributed by atoms with Gasteiger partial charge in [0.25, 0.3) is 5.91 Å². The molecule has 3 N–H and O–H groups in total. The van der Waals surface area contributed by atoms with Gasteiger partial charge in [0, 0.05) is 112 Å². The number of nitrogens with zero attached hydrogens (tertiary/aromatic N) is 8. The summed E-state index contributed by atoms with van der Waals surface area (Å²) < 4.78 is 6.55. The highest BCUT2D eigenvalue weighted by molar-refractivity contribution is 7.13. The number of aliphatic hydroxyl groups excluding tert-OH is 1. The van der Waals surface area contributed by atoms with Gasteiger partial charge in [0.2, 0.25) is 17.8 Å². The molecular weight excluding hydrogens is 960 g/mol. The van der Waals surface area contributed by atoms with Gasteiger partial charge in [-0.1, -0.05) is 98.2 Å². The second kappa shape index (κ2) is 21.8. The van der Waals surface area contributed by atoms with Gasteiger partial charge < -0.3 is 34.8 Å². The van der Waals surface area contributed by atoms with E-state index in [1.807, 2.05) is 105 Å². The zero-order valence-corrected chi connectivity index (χ0v) is 43.2. The first-order chi connectivity index (χ1) is 35.4. The molecule has 0 saturated carbocycles. The van der Waals surface area contributed by atoms with E-state index in [1.165, 1.54) is 10.5 Å². The van der Waals surface area contributed by atoms with Crippen molar-refractivity contribution in [3.63, 3.8) is 0 Å². The van der Waals surface area contributed by atoms with Gasteiger partial charge >= 0.3 is 0 Å². The average Bonchev–Trinajstić information content (AvgIpc) is 4.20. The van der Waals surface area contributed by atoms with Gasteiger partial charge in [0.05, 0.1) is 22.2 Å². The first-order valence-corrected chi connectivity index (χ1v) is 26.3. The number of rotatable bonds is 17. The van der Waals surface area contributed by atoms with Gasteiger partial charge in [-0.2, -0.15) is 4.98 Å². The number of anilines is 1. The Balaban J connectivity index is 0.727. The number of β-amino-alcohol motifs (C(OH)–C–C–N with tert-alkyl or cyclic N) is 1. The van der Waals surface area contributed by atoms with Gasteiger partial charge in [0.15, 0.2) is 0 Å². The lowest BCUT2D eigenvalue weighted by molar-refractivity contribution is -0.143. The highest BCUT2D eigenvalue weighted by Crippen LogP contribution is 2.34. The number of aliphatic hydroxyl groups is 1. The number of thiazole rings is 1. The van der Waals surface area contributed by atoms with Gasteiger partial charge in [0.1, 0.15) is 30.1 Å². The number of halogens is 1. The third-order valence-electron chi connectivity index (χ3n) is 14.3. The second-order valence-electron chi connectivity index (χ2n) is 19.7. The minimum Gasteiger partial charge on any atom is -0.492 e. The average molecular weight is 1020 g/mol. The maximum absolute atomic E-state index is 14.3. The van der Waals surface area contributed by atoms with Crippen molar-refractivity contribution in [3.05, 3.63) is 147 Å². The van der Waals surface area contributed by atoms with Gasteiger partial charge in [-0.25, -0.2) is 9.97 Å². The van der Waals surface area contributed by atoms with E-state index in [1.54, 1.807) is 22.3 Å². The third-order valence-corrected chi connectivity index (χ3v) is 15.7. The van der Waals surface area contributed by atoms with E-state index >= 15 is 0 Å². The van der Waals surface area contributed by atoms with Crippen molar-refractivity contribution >= 4 is 57.6 Å². The summed E-state index contributed by atoms with van der Waals surface area (Å²) in [4.78, 5) is 70.3. The fourth-order valence-corrected chi connectivity index (χ4v) is 11.3. The quantitative estimate of drug-likeness (QED) is 0.0816. The number of aromatic amines is 1. The zero-order valence-electron chi connectivity index (χ0n) is 41.6. The molecule has 15 nitrogen and oxygen atoms in total. The Kier molecular flexibility index (Phi) is 14.9. The maximum Gasteiger partial charge on any atom is 0.255 e. The van der Waals surface area contributed by atoms with E-state index in [2.05, 4.69) is 60.4 Å².